The van der Waals surface area contributed by atoms with Crippen molar-refractivity contribution in [2.45, 2.75) is 20.0 Å². The van der Waals surface area contributed by atoms with E-state index in [1.165, 1.54) is 0 Å². The molecule has 114 valence electrons. The standard InChI is InChI=1S/C17H16O5/c1-3-4-10-6-12(15(19)16(20)14(10)18)11-5-9(2)17-13(7-11)21-8-22-17/h3-7,15,18-19H,8H2,1-2H3. The van der Waals surface area contributed by atoms with E-state index >= 15 is 0 Å². The van der Waals surface area contributed by atoms with Crippen molar-refractivity contribution in [3.05, 3.63) is 52.8 Å². The van der Waals surface area contributed by atoms with Crippen molar-refractivity contribution in [1.29, 1.82) is 0 Å². The zero-order chi connectivity index (χ0) is 15.9. The molecular weight excluding hydrogens is 284 g/mol. The van der Waals surface area contributed by atoms with E-state index in [0.29, 0.717) is 28.2 Å². The molecule has 1 aliphatic carbocycles. The summed E-state index contributed by atoms with van der Waals surface area (Å²) < 4.78 is 10.7. The molecule has 0 bridgehead atoms. The summed E-state index contributed by atoms with van der Waals surface area (Å²) in [6.07, 6.45) is 3.56. The lowest BCUT2D eigenvalue weighted by molar-refractivity contribution is -0.123. The van der Waals surface area contributed by atoms with Crippen LogP contribution in [0.25, 0.3) is 5.57 Å². The van der Waals surface area contributed by atoms with E-state index in [9.17, 15) is 15.0 Å². The zero-order valence-electron chi connectivity index (χ0n) is 12.3. The Balaban J connectivity index is 2.13. The number of Topliss-reactive ketones (excluding diaryl/α,β-unsaturated/α-hetero) is 1. The number of hydrogen-bond donors (Lipinski definition) is 2. The molecule has 0 amide bonds. The van der Waals surface area contributed by atoms with Crippen LogP contribution in [-0.2, 0) is 4.79 Å². The van der Waals surface area contributed by atoms with Crippen molar-refractivity contribution in [2.75, 3.05) is 6.79 Å². The molecular formula is C17H16O5. The first-order valence-electron chi connectivity index (χ1n) is 6.93. The molecule has 2 aliphatic rings. The quantitative estimate of drug-likeness (QED) is 0.877. The van der Waals surface area contributed by atoms with Gasteiger partial charge in [-0.1, -0.05) is 12.2 Å². The first-order chi connectivity index (χ1) is 10.5. The van der Waals surface area contributed by atoms with Crippen molar-refractivity contribution in [2.24, 2.45) is 0 Å². The van der Waals surface area contributed by atoms with Crippen LogP contribution >= 0.6 is 0 Å². The maximum absolute atomic E-state index is 12.0. The Bertz CT molecular complexity index is 740. The van der Waals surface area contributed by atoms with E-state index in [0.717, 1.165) is 5.56 Å². The van der Waals surface area contributed by atoms with E-state index in [1.807, 2.05) is 13.0 Å². The molecule has 1 aromatic rings. The smallest absolute Gasteiger partial charge is 0.231 e. The molecule has 0 saturated heterocycles. The number of aliphatic hydroxyl groups excluding tert-OH is 2. The van der Waals surface area contributed by atoms with Crippen molar-refractivity contribution < 1.29 is 24.5 Å². The fraction of sp³-hybridized carbons (Fsp3) is 0.235. The summed E-state index contributed by atoms with van der Waals surface area (Å²) in [7, 11) is 0. The number of fused-ring (bicyclic) bond motifs is 1. The Labute approximate surface area is 127 Å². The van der Waals surface area contributed by atoms with Gasteiger partial charge in [0, 0.05) is 5.57 Å². The molecule has 0 saturated carbocycles. The summed E-state index contributed by atoms with van der Waals surface area (Å²) in [5.41, 5.74) is 2.33. The van der Waals surface area contributed by atoms with Gasteiger partial charge in [-0.25, -0.2) is 0 Å². The maximum Gasteiger partial charge on any atom is 0.231 e. The molecule has 5 nitrogen and oxygen atoms in total. The molecule has 22 heavy (non-hydrogen) atoms. The zero-order valence-corrected chi connectivity index (χ0v) is 12.3. The van der Waals surface area contributed by atoms with Crippen LogP contribution in [0, 0.1) is 6.92 Å². The minimum atomic E-state index is -1.39. The Morgan fingerprint density at radius 3 is 2.82 bits per heavy atom. The van der Waals surface area contributed by atoms with Gasteiger partial charge in [0.2, 0.25) is 12.6 Å². The van der Waals surface area contributed by atoms with Crippen molar-refractivity contribution in [1.82, 2.24) is 0 Å². The van der Waals surface area contributed by atoms with Gasteiger partial charge in [-0.2, -0.15) is 0 Å². The van der Waals surface area contributed by atoms with Gasteiger partial charge in [0.1, 0.15) is 6.10 Å². The fourth-order valence-electron chi connectivity index (χ4n) is 2.63. The third-order valence-corrected chi connectivity index (χ3v) is 3.70. The minimum Gasteiger partial charge on any atom is -0.504 e. The average molecular weight is 300 g/mol. The van der Waals surface area contributed by atoms with Crippen molar-refractivity contribution in [3.8, 4) is 11.5 Å². The number of aryl methyl sites for hydroxylation is 1. The number of aliphatic hydroxyl groups is 2. The molecule has 0 aromatic heterocycles. The van der Waals surface area contributed by atoms with Gasteiger partial charge >= 0.3 is 0 Å². The third-order valence-electron chi connectivity index (χ3n) is 3.70. The van der Waals surface area contributed by atoms with Gasteiger partial charge in [0.05, 0.1) is 0 Å². The van der Waals surface area contributed by atoms with Gasteiger partial charge in [0.15, 0.2) is 17.3 Å². The van der Waals surface area contributed by atoms with Crippen molar-refractivity contribution >= 4 is 11.4 Å². The Kier molecular flexibility index (Phi) is 3.50. The second kappa shape index (κ2) is 5.35. The van der Waals surface area contributed by atoms with Gasteiger partial charge in [-0.05, 0) is 48.8 Å². The molecule has 0 radical (unpaired) electrons. The topological polar surface area (TPSA) is 76.0 Å². The first-order valence-corrected chi connectivity index (χ1v) is 6.93. The van der Waals surface area contributed by atoms with E-state index in [-0.39, 0.29) is 6.79 Å². The minimum absolute atomic E-state index is 0.157. The molecule has 2 N–H and O–H groups in total. The lowest BCUT2D eigenvalue weighted by Gasteiger charge is -2.20. The molecule has 1 unspecified atom stereocenters. The van der Waals surface area contributed by atoms with Crippen LogP contribution in [0.15, 0.2) is 41.7 Å². The van der Waals surface area contributed by atoms with E-state index in [4.69, 9.17) is 9.47 Å². The Morgan fingerprint density at radius 1 is 1.32 bits per heavy atom. The van der Waals surface area contributed by atoms with Gasteiger partial charge in [-0.3, -0.25) is 4.79 Å². The lowest BCUT2D eigenvalue weighted by Crippen LogP contribution is -2.27. The number of benzene rings is 1. The number of rotatable bonds is 2. The number of allylic oxidation sites excluding steroid dienone is 4. The first kappa shape index (κ1) is 14.4. The Hall–Kier alpha value is -2.53. The normalized spacial score (nSPS) is 20.8. The fourth-order valence-corrected chi connectivity index (χ4v) is 2.63. The van der Waals surface area contributed by atoms with Crippen LogP contribution in [0.2, 0.25) is 0 Å². The van der Waals surface area contributed by atoms with E-state index < -0.39 is 17.6 Å². The molecule has 1 aromatic carbocycles. The second-order valence-electron chi connectivity index (χ2n) is 5.20. The maximum atomic E-state index is 12.0. The number of ether oxygens (including phenoxy) is 2. The molecule has 5 heteroatoms. The number of ketones is 1. The van der Waals surface area contributed by atoms with Gasteiger partial charge < -0.3 is 19.7 Å². The highest BCUT2D eigenvalue weighted by molar-refractivity contribution is 6.08. The molecule has 0 fully saturated rings. The summed E-state index contributed by atoms with van der Waals surface area (Å²) in [6.45, 7) is 3.81. The van der Waals surface area contributed by atoms with Crippen molar-refractivity contribution in [3.63, 3.8) is 0 Å². The highest BCUT2D eigenvalue weighted by atomic mass is 16.7. The molecule has 1 heterocycles. The second-order valence-corrected chi connectivity index (χ2v) is 5.20. The predicted molar refractivity (Wildman–Crippen MR) is 80.8 cm³/mol. The highest BCUT2D eigenvalue weighted by Crippen LogP contribution is 2.39. The largest absolute Gasteiger partial charge is 0.504 e. The predicted octanol–water partition coefficient (Wildman–Crippen LogP) is 2.44. The monoisotopic (exact) mass is 300 g/mol. The number of hydrogen-bond acceptors (Lipinski definition) is 5. The average Bonchev–Trinajstić information content (AvgIpc) is 2.97. The van der Waals surface area contributed by atoms with E-state index in [2.05, 4.69) is 0 Å². The summed E-state index contributed by atoms with van der Waals surface area (Å²) in [6, 6.07) is 3.55. The van der Waals surface area contributed by atoms with Crippen LogP contribution in [0.5, 0.6) is 11.5 Å². The summed E-state index contributed by atoms with van der Waals surface area (Å²) in [5.74, 6) is 0.127. The molecule has 1 atom stereocenters. The summed E-state index contributed by atoms with van der Waals surface area (Å²) in [4.78, 5) is 12.0. The van der Waals surface area contributed by atoms with Crippen LogP contribution in [-0.4, -0.2) is 28.9 Å². The van der Waals surface area contributed by atoms with Gasteiger partial charge in [0.25, 0.3) is 0 Å². The summed E-state index contributed by atoms with van der Waals surface area (Å²) >= 11 is 0. The third kappa shape index (κ3) is 2.19. The molecule has 0 spiro atoms. The highest BCUT2D eigenvalue weighted by Gasteiger charge is 2.31. The van der Waals surface area contributed by atoms with Gasteiger partial charge in [-0.15, -0.1) is 0 Å². The van der Waals surface area contributed by atoms with Crippen LogP contribution < -0.4 is 9.47 Å². The number of carbonyl (C=O) groups is 1. The molecule has 1 aliphatic heterocycles. The van der Waals surface area contributed by atoms with Crippen LogP contribution in [0.3, 0.4) is 0 Å². The SMILES string of the molecule is CC=CC1=C(O)C(=O)C(O)C(c2cc(C)c3c(c2)OCO3)=C1. The number of carbonyl (C=O) groups excluding carboxylic acids is 1. The molecule has 3 rings (SSSR count). The lowest BCUT2D eigenvalue weighted by atomic mass is 9.88. The Morgan fingerprint density at radius 2 is 2.09 bits per heavy atom. The van der Waals surface area contributed by atoms with Crippen LogP contribution in [0.1, 0.15) is 18.1 Å². The van der Waals surface area contributed by atoms with E-state index in [1.54, 1.807) is 31.2 Å². The van der Waals surface area contributed by atoms with Crippen LogP contribution in [0.4, 0.5) is 0 Å². The summed E-state index contributed by atoms with van der Waals surface area (Å²) in [5, 5.41) is 20.0.